The van der Waals surface area contributed by atoms with E-state index in [1.807, 2.05) is 6.92 Å². The van der Waals surface area contributed by atoms with E-state index in [0.717, 1.165) is 5.56 Å². The van der Waals surface area contributed by atoms with Crippen LogP contribution in [0.2, 0.25) is 5.02 Å². The molecule has 1 aliphatic rings. The first-order chi connectivity index (χ1) is 8.52. The van der Waals surface area contributed by atoms with Gasteiger partial charge in [-0.3, -0.25) is 14.5 Å². The molecule has 6 heteroatoms. The van der Waals surface area contributed by atoms with E-state index in [4.69, 9.17) is 11.6 Å². The van der Waals surface area contributed by atoms with Crippen LogP contribution in [0.15, 0.2) is 12.3 Å². The number of methoxy groups -OCH3 is 1. The number of carbonyl (C=O) groups is 2. The minimum Gasteiger partial charge on any atom is -0.469 e. The summed E-state index contributed by atoms with van der Waals surface area (Å²) in [6, 6.07) is 1.74. The molecule has 1 fully saturated rings. The van der Waals surface area contributed by atoms with Gasteiger partial charge >= 0.3 is 5.97 Å². The third kappa shape index (κ3) is 2.31. The normalized spacial score (nSPS) is 19.2. The summed E-state index contributed by atoms with van der Waals surface area (Å²) in [5.41, 5.74) is 0.807. The number of amides is 1. The third-order valence-corrected chi connectivity index (χ3v) is 3.14. The number of esters is 1. The Bertz CT molecular complexity index is 504. The molecule has 96 valence electrons. The van der Waals surface area contributed by atoms with Crippen molar-refractivity contribution in [1.82, 2.24) is 4.98 Å². The summed E-state index contributed by atoms with van der Waals surface area (Å²) in [6.07, 6.45) is 1.65. The Kier molecular flexibility index (Phi) is 3.52. The van der Waals surface area contributed by atoms with Crippen molar-refractivity contribution < 1.29 is 14.3 Å². The molecule has 1 atom stereocenters. The fourth-order valence-electron chi connectivity index (χ4n) is 2.05. The van der Waals surface area contributed by atoms with Crippen LogP contribution in [-0.4, -0.2) is 30.5 Å². The molecule has 1 amide bonds. The van der Waals surface area contributed by atoms with E-state index >= 15 is 0 Å². The van der Waals surface area contributed by atoms with Crippen LogP contribution in [0.1, 0.15) is 12.0 Å². The summed E-state index contributed by atoms with van der Waals surface area (Å²) >= 11 is 5.82. The first-order valence-electron chi connectivity index (χ1n) is 5.53. The van der Waals surface area contributed by atoms with Crippen LogP contribution >= 0.6 is 11.6 Å². The van der Waals surface area contributed by atoms with Crippen molar-refractivity contribution >= 4 is 29.3 Å². The van der Waals surface area contributed by atoms with Gasteiger partial charge in [-0.05, 0) is 18.6 Å². The number of anilines is 1. The molecule has 1 saturated heterocycles. The zero-order valence-electron chi connectivity index (χ0n) is 10.1. The minimum atomic E-state index is -0.417. The maximum Gasteiger partial charge on any atom is 0.311 e. The molecule has 0 aliphatic carbocycles. The summed E-state index contributed by atoms with van der Waals surface area (Å²) in [5, 5.41) is 0.521. The second kappa shape index (κ2) is 4.94. The lowest BCUT2D eigenvalue weighted by Gasteiger charge is -2.17. The zero-order valence-corrected chi connectivity index (χ0v) is 10.9. The van der Waals surface area contributed by atoms with Crippen molar-refractivity contribution in [3.05, 3.63) is 22.8 Å². The molecule has 18 heavy (non-hydrogen) atoms. The van der Waals surface area contributed by atoms with Crippen LogP contribution < -0.4 is 4.90 Å². The molecule has 2 rings (SSSR count). The second-order valence-electron chi connectivity index (χ2n) is 4.22. The largest absolute Gasteiger partial charge is 0.469 e. The molecule has 0 radical (unpaired) electrons. The molecule has 0 spiro atoms. The fourth-order valence-corrected chi connectivity index (χ4v) is 2.27. The van der Waals surface area contributed by atoms with Gasteiger partial charge in [0.15, 0.2) is 0 Å². The Hall–Kier alpha value is -1.62. The smallest absolute Gasteiger partial charge is 0.311 e. The molecule has 2 heterocycles. The third-order valence-electron chi connectivity index (χ3n) is 2.93. The first-order valence-corrected chi connectivity index (χ1v) is 5.91. The van der Waals surface area contributed by atoms with Gasteiger partial charge in [0.25, 0.3) is 0 Å². The van der Waals surface area contributed by atoms with E-state index in [2.05, 4.69) is 9.72 Å². The predicted molar refractivity (Wildman–Crippen MR) is 66.5 cm³/mol. The topological polar surface area (TPSA) is 59.5 Å². The van der Waals surface area contributed by atoms with Gasteiger partial charge in [0.2, 0.25) is 5.91 Å². The van der Waals surface area contributed by atoms with Gasteiger partial charge in [0, 0.05) is 19.2 Å². The number of hydrogen-bond donors (Lipinski definition) is 0. The molecule has 0 saturated carbocycles. The molecule has 1 unspecified atom stereocenters. The highest BCUT2D eigenvalue weighted by Gasteiger charge is 2.36. The van der Waals surface area contributed by atoms with E-state index in [1.165, 1.54) is 18.2 Å². The number of pyridine rings is 1. The van der Waals surface area contributed by atoms with Gasteiger partial charge < -0.3 is 4.74 Å². The maximum absolute atomic E-state index is 11.9. The Balaban J connectivity index is 2.24. The Morgan fingerprint density at radius 1 is 1.61 bits per heavy atom. The summed E-state index contributed by atoms with van der Waals surface area (Å²) in [5.74, 6) is -0.351. The highest BCUT2D eigenvalue weighted by molar-refractivity contribution is 6.30. The predicted octanol–water partition coefficient (Wildman–Crippen LogP) is 1.57. The molecule has 1 aromatic rings. The van der Waals surface area contributed by atoms with Crippen LogP contribution in [-0.2, 0) is 14.3 Å². The minimum absolute atomic E-state index is 0.122. The van der Waals surface area contributed by atoms with Crippen molar-refractivity contribution in [2.45, 2.75) is 13.3 Å². The van der Waals surface area contributed by atoms with Crippen molar-refractivity contribution in [2.24, 2.45) is 5.92 Å². The number of aryl methyl sites for hydroxylation is 1. The van der Waals surface area contributed by atoms with Gasteiger partial charge in [-0.1, -0.05) is 11.6 Å². The number of nitrogens with zero attached hydrogens (tertiary/aromatic N) is 2. The number of aromatic nitrogens is 1. The van der Waals surface area contributed by atoms with Crippen LogP contribution in [0, 0.1) is 12.8 Å². The lowest BCUT2D eigenvalue weighted by Crippen LogP contribution is -2.27. The van der Waals surface area contributed by atoms with Gasteiger partial charge in [-0.2, -0.15) is 0 Å². The first kappa shape index (κ1) is 12.8. The molecule has 0 aromatic carbocycles. The van der Waals surface area contributed by atoms with E-state index < -0.39 is 5.92 Å². The number of ether oxygens (including phenoxy) is 1. The molecule has 0 bridgehead atoms. The molecular weight excluding hydrogens is 256 g/mol. The van der Waals surface area contributed by atoms with Crippen molar-refractivity contribution in [3.8, 4) is 0 Å². The van der Waals surface area contributed by atoms with Crippen LogP contribution in [0.5, 0.6) is 0 Å². The highest BCUT2D eigenvalue weighted by Crippen LogP contribution is 2.27. The van der Waals surface area contributed by atoms with Crippen LogP contribution in [0.25, 0.3) is 0 Å². The number of rotatable bonds is 2. The SMILES string of the molecule is COC(=O)C1CC(=O)N(c2ncc(Cl)cc2C)C1. The Morgan fingerprint density at radius 3 is 2.94 bits per heavy atom. The number of carbonyl (C=O) groups excluding carboxylic acids is 2. The highest BCUT2D eigenvalue weighted by atomic mass is 35.5. The summed E-state index contributed by atoms with van der Waals surface area (Å²) in [6.45, 7) is 2.13. The zero-order chi connectivity index (χ0) is 13.3. The van der Waals surface area contributed by atoms with Crippen molar-refractivity contribution in [2.75, 3.05) is 18.6 Å². The molecule has 0 N–H and O–H groups in total. The van der Waals surface area contributed by atoms with E-state index in [1.54, 1.807) is 6.07 Å². The van der Waals surface area contributed by atoms with E-state index in [-0.39, 0.29) is 18.3 Å². The van der Waals surface area contributed by atoms with Crippen molar-refractivity contribution in [1.29, 1.82) is 0 Å². The quantitative estimate of drug-likeness (QED) is 0.764. The maximum atomic E-state index is 11.9. The number of hydrogen-bond acceptors (Lipinski definition) is 4. The summed E-state index contributed by atoms with van der Waals surface area (Å²) in [7, 11) is 1.32. The van der Waals surface area contributed by atoms with Crippen LogP contribution in [0.4, 0.5) is 5.82 Å². The van der Waals surface area contributed by atoms with Gasteiger partial charge in [-0.25, -0.2) is 4.98 Å². The molecule has 5 nitrogen and oxygen atoms in total. The lowest BCUT2D eigenvalue weighted by molar-refractivity contribution is -0.145. The van der Waals surface area contributed by atoms with Gasteiger partial charge in [0.1, 0.15) is 5.82 Å². The molecule has 1 aliphatic heterocycles. The average molecular weight is 269 g/mol. The average Bonchev–Trinajstić information content (AvgIpc) is 2.70. The molecule has 1 aromatic heterocycles. The van der Waals surface area contributed by atoms with Gasteiger partial charge in [-0.15, -0.1) is 0 Å². The lowest BCUT2D eigenvalue weighted by atomic mass is 10.1. The van der Waals surface area contributed by atoms with E-state index in [9.17, 15) is 9.59 Å². The monoisotopic (exact) mass is 268 g/mol. The van der Waals surface area contributed by atoms with E-state index in [0.29, 0.717) is 17.4 Å². The second-order valence-corrected chi connectivity index (χ2v) is 4.66. The number of halogens is 1. The van der Waals surface area contributed by atoms with Gasteiger partial charge in [0.05, 0.1) is 18.1 Å². The fraction of sp³-hybridized carbons (Fsp3) is 0.417. The summed E-state index contributed by atoms with van der Waals surface area (Å²) in [4.78, 5) is 29.0. The summed E-state index contributed by atoms with van der Waals surface area (Å²) < 4.78 is 4.66. The Morgan fingerprint density at radius 2 is 2.33 bits per heavy atom. The van der Waals surface area contributed by atoms with Crippen LogP contribution in [0.3, 0.4) is 0 Å². The Labute approximate surface area is 110 Å². The standard InChI is InChI=1S/C12H13ClN2O3/c1-7-3-9(13)5-14-11(7)15-6-8(4-10(15)16)12(17)18-2/h3,5,8H,4,6H2,1-2H3. The molecular formula is C12H13ClN2O3. The van der Waals surface area contributed by atoms with Crippen molar-refractivity contribution in [3.63, 3.8) is 0 Å².